The van der Waals surface area contributed by atoms with Crippen LogP contribution in [-0.2, 0) is 17.1 Å². The van der Waals surface area contributed by atoms with Crippen molar-refractivity contribution in [1.82, 2.24) is 10.4 Å². The van der Waals surface area contributed by atoms with Crippen molar-refractivity contribution in [2.45, 2.75) is 25.2 Å². The minimum absolute atomic E-state index is 0. The van der Waals surface area contributed by atoms with E-state index in [0.29, 0.717) is 5.56 Å². The zero-order valence-corrected chi connectivity index (χ0v) is 21.8. The van der Waals surface area contributed by atoms with Crippen molar-refractivity contribution in [3.05, 3.63) is 126 Å². The molecule has 202 valence electrons. The van der Waals surface area contributed by atoms with Crippen molar-refractivity contribution in [2.24, 2.45) is 15.2 Å². The molecule has 0 bridgehead atoms. The normalized spacial score (nSPS) is 23.3. The van der Waals surface area contributed by atoms with E-state index in [1.807, 2.05) is 62.6 Å². The molecule has 4 aliphatic rings. The monoisotopic (exact) mass is 575 g/mol. The minimum atomic E-state index is -5.12. The van der Waals surface area contributed by atoms with Gasteiger partial charge in [0.1, 0.15) is 0 Å². The van der Waals surface area contributed by atoms with E-state index >= 15 is 0 Å². The summed E-state index contributed by atoms with van der Waals surface area (Å²) in [4.78, 5) is 4.01. The number of rotatable bonds is 4. The molecule has 2 heterocycles. The van der Waals surface area contributed by atoms with Crippen LogP contribution in [-0.4, -0.2) is 39.8 Å². The Balaban J connectivity index is 0.000000630. The molecular formula is C28H24F3FeN5O2. The standard InChI is InChI=1S/C23H20F3N5O2.C5H5.Fe/c1-15(16-7-5-6-8-16)28-29-20-12-11-18(14-27-20)21(32)31-22(33,23(24,25)26)13-19(30-31)17-9-3-2-4-10-17;1-2-4-5-3-1;/h2-12,14,28,32-33H,13H2,1H3;1-5H;/q;-1;+2/p-1/b21-18+,29-20+;;. The van der Waals surface area contributed by atoms with Gasteiger partial charge in [0.05, 0.1) is 12.1 Å². The Kier molecular flexibility index (Phi) is 9.80. The first-order valence-corrected chi connectivity index (χ1v) is 11.6. The molecule has 0 aromatic heterocycles. The van der Waals surface area contributed by atoms with Crippen LogP contribution in [0.4, 0.5) is 13.2 Å². The van der Waals surface area contributed by atoms with Crippen LogP contribution in [0.15, 0.2) is 117 Å². The van der Waals surface area contributed by atoms with Gasteiger partial charge in [0.25, 0.3) is 5.72 Å². The third-order valence-electron chi connectivity index (χ3n) is 5.72. The first kappa shape index (κ1) is 29.8. The van der Waals surface area contributed by atoms with Crippen LogP contribution >= 0.6 is 0 Å². The van der Waals surface area contributed by atoms with E-state index in [1.165, 1.54) is 12.2 Å². The molecule has 2 aliphatic heterocycles. The quantitative estimate of drug-likeness (QED) is 0.246. The summed E-state index contributed by atoms with van der Waals surface area (Å²) >= 11 is 0. The van der Waals surface area contributed by atoms with Crippen LogP contribution in [0, 0.1) is 19.3 Å². The molecule has 1 aromatic rings. The van der Waals surface area contributed by atoms with Gasteiger partial charge in [0, 0.05) is 17.5 Å². The number of halogens is 3. The Morgan fingerprint density at radius 3 is 2.36 bits per heavy atom. The number of benzene rings is 1. The van der Waals surface area contributed by atoms with Gasteiger partial charge >= 0.3 is 23.2 Å². The molecule has 0 fully saturated rings. The Labute approximate surface area is 235 Å². The zero-order chi connectivity index (χ0) is 27.2. The summed E-state index contributed by atoms with van der Waals surface area (Å²) in [7, 11) is 0. The molecule has 1 atom stereocenters. The predicted molar refractivity (Wildman–Crippen MR) is 139 cm³/mol. The van der Waals surface area contributed by atoms with E-state index in [0.717, 1.165) is 17.5 Å². The second-order valence-corrected chi connectivity index (χ2v) is 8.41. The number of aliphatic hydroxyl groups is 1. The number of alkyl halides is 3. The van der Waals surface area contributed by atoms with Crippen LogP contribution in [0.3, 0.4) is 0 Å². The van der Waals surface area contributed by atoms with E-state index in [9.17, 15) is 23.4 Å². The second kappa shape index (κ2) is 12.8. The van der Waals surface area contributed by atoms with Crippen molar-refractivity contribution in [1.29, 1.82) is 0 Å². The van der Waals surface area contributed by atoms with Gasteiger partial charge in [-0.3, -0.25) is 5.43 Å². The Morgan fingerprint density at radius 1 is 1.10 bits per heavy atom. The van der Waals surface area contributed by atoms with E-state index in [-0.39, 0.29) is 39.2 Å². The number of nitrogens with one attached hydrogen (secondary N) is 1. The van der Waals surface area contributed by atoms with Crippen molar-refractivity contribution in [3.8, 4) is 0 Å². The van der Waals surface area contributed by atoms with Crippen molar-refractivity contribution in [3.63, 3.8) is 0 Å². The smallest absolute Gasteiger partial charge is 0.858 e. The van der Waals surface area contributed by atoms with Crippen LogP contribution in [0.5, 0.6) is 0 Å². The van der Waals surface area contributed by atoms with Gasteiger partial charge in [0.2, 0.25) is 0 Å². The van der Waals surface area contributed by atoms with Crippen LogP contribution < -0.4 is 10.5 Å². The van der Waals surface area contributed by atoms with Crippen molar-refractivity contribution in [2.75, 3.05) is 0 Å². The fraction of sp³-hybridized carbons (Fsp3) is 0.143. The largest absolute Gasteiger partial charge is 2.00 e. The number of hydrogen-bond acceptors (Lipinski definition) is 6. The van der Waals surface area contributed by atoms with E-state index in [4.69, 9.17) is 0 Å². The molecule has 1 aromatic carbocycles. The Bertz CT molecular complexity index is 1290. The molecule has 5 rings (SSSR count). The summed E-state index contributed by atoms with van der Waals surface area (Å²) < 4.78 is 41.3. The molecule has 2 N–H and O–H groups in total. The van der Waals surface area contributed by atoms with Crippen LogP contribution in [0.25, 0.3) is 0 Å². The Hall–Kier alpha value is -3.79. The maximum Gasteiger partial charge on any atom is 2.00 e. The average Bonchev–Trinajstić information content (AvgIpc) is 3.71. The van der Waals surface area contributed by atoms with E-state index in [2.05, 4.69) is 20.6 Å². The molecule has 0 saturated carbocycles. The third kappa shape index (κ3) is 7.00. The molecule has 2 radical (unpaired) electrons. The molecule has 39 heavy (non-hydrogen) atoms. The third-order valence-corrected chi connectivity index (χ3v) is 5.72. The summed E-state index contributed by atoms with van der Waals surface area (Å²) in [5.74, 6) is -0.911. The number of amidine groups is 1. The molecule has 7 nitrogen and oxygen atoms in total. The molecule has 1 unspecified atom stereocenters. The van der Waals surface area contributed by atoms with Crippen LogP contribution in [0.2, 0.25) is 0 Å². The SMILES string of the molecule is CC(N/N=C1C=C/C(=C(\[O-])N2N=C(c3ccccc3)CC2(O)C(F)(F)F)C=N\1)=C1C=CC=C1.[CH]1[CH][CH-]C=C1.[Fe+2]. The van der Waals surface area contributed by atoms with Gasteiger partial charge in [-0.1, -0.05) is 54.6 Å². The number of allylic oxidation sites excluding steroid dienone is 10. The molecule has 0 spiro atoms. The van der Waals surface area contributed by atoms with Crippen molar-refractivity contribution < 1.29 is 40.5 Å². The molecule has 0 saturated heterocycles. The maximum absolute atomic E-state index is 13.8. The first-order valence-electron chi connectivity index (χ1n) is 11.6. The van der Waals surface area contributed by atoms with Gasteiger partial charge in [-0.25, -0.2) is 28.6 Å². The second-order valence-electron chi connectivity index (χ2n) is 8.41. The minimum Gasteiger partial charge on any atom is -0.858 e. The summed E-state index contributed by atoms with van der Waals surface area (Å²) in [6.45, 7) is 1.82. The number of dihydropyridines is 1. The summed E-state index contributed by atoms with van der Waals surface area (Å²) in [6, 6.07) is 8.08. The van der Waals surface area contributed by atoms with E-state index in [1.54, 1.807) is 30.3 Å². The van der Waals surface area contributed by atoms with Gasteiger partial charge in [-0.05, 0) is 36.1 Å². The first-order chi connectivity index (χ1) is 18.2. The molecule has 11 heteroatoms. The van der Waals surface area contributed by atoms with Gasteiger partial charge in [-0.2, -0.15) is 23.4 Å². The van der Waals surface area contributed by atoms with Gasteiger partial charge in [-0.15, -0.1) is 12.8 Å². The number of aliphatic imine (C=N–C) groups is 1. The summed E-state index contributed by atoms with van der Waals surface area (Å²) in [5.41, 5.74) is 1.24. The number of hydrogen-bond donors (Lipinski definition) is 2. The topological polar surface area (TPSA) is 95.6 Å². The fourth-order valence-corrected chi connectivity index (χ4v) is 3.62. The summed E-state index contributed by atoms with van der Waals surface area (Å²) in [6.07, 6.45) is 15.3. The Morgan fingerprint density at radius 2 is 1.82 bits per heavy atom. The van der Waals surface area contributed by atoms with Gasteiger partial charge < -0.3 is 10.2 Å². The zero-order valence-electron chi connectivity index (χ0n) is 20.7. The molecule has 0 amide bonds. The number of nitrogens with zero attached hydrogens (tertiary/aromatic N) is 4. The maximum atomic E-state index is 13.8. The molecular weight excluding hydrogens is 551 g/mol. The average molecular weight is 575 g/mol. The number of hydrazone groups is 2. The molecule has 2 aliphatic carbocycles. The fourth-order valence-electron chi connectivity index (χ4n) is 3.62. The summed E-state index contributed by atoms with van der Waals surface area (Å²) in [5, 5.41) is 31.3. The predicted octanol–water partition coefficient (Wildman–Crippen LogP) is 4.03. The van der Waals surface area contributed by atoms with Crippen molar-refractivity contribution >= 4 is 17.8 Å². The van der Waals surface area contributed by atoms with Crippen LogP contribution in [0.1, 0.15) is 18.9 Å². The van der Waals surface area contributed by atoms with E-state index < -0.39 is 24.2 Å². The van der Waals surface area contributed by atoms with Gasteiger partial charge in [0.15, 0.2) is 5.84 Å².